The summed E-state index contributed by atoms with van der Waals surface area (Å²) in [5.74, 6) is 2.41. The van der Waals surface area contributed by atoms with Crippen molar-refractivity contribution in [3.05, 3.63) is 52.5 Å². The molecule has 1 saturated carbocycles. The molecule has 25 heavy (non-hydrogen) atoms. The van der Waals surface area contributed by atoms with Crippen molar-refractivity contribution in [2.24, 2.45) is 5.92 Å². The second kappa shape index (κ2) is 6.23. The van der Waals surface area contributed by atoms with Crippen LogP contribution < -0.4 is 10.1 Å². The largest absolute Gasteiger partial charge is 0.493 e. The molecule has 0 bridgehead atoms. The highest BCUT2D eigenvalue weighted by molar-refractivity contribution is 5.95. The van der Waals surface area contributed by atoms with Gasteiger partial charge in [-0.05, 0) is 61.9 Å². The number of carbonyl (C=O) groups is 1. The number of ether oxygens (including phenoxy) is 1. The van der Waals surface area contributed by atoms with Crippen molar-refractivity contribution >= 4 is 5.91 Å². The number of hydrogen-bond donors (Lipinski definition) is 2. The number of carbonyl (C=O) groups excluding carboxylic acids is 1. The van der Waals surface area contributed by atoms with Crippen LogP contribution in [-0.4, -0.2) is 23.7 Å². The van der Waals surface area contributed by atoms with Crippen LogP contribution in [0.15, 0.2) is 28.7 Å². The van der Waals surface area contributed by atoms with Crippen molar-refractivity contribution in [2.75, 3.05) is 6.61 Å². The molecule has 1 aliphatic carbocycles. The number of fused-ring (bicyclic) bond motifs is 1. The summed E-state index contributed by atoms with van der Waals surface area (Å²) >= 11 is 0. The predicted molar refractivity (Wildman–Crippen MR) is 92.8 cm³/mol. The first-order valence-corrected chi connectivity index (χ1v) is 8.83. The Morgan fingerprint density at radius 2 is 2.08 bits per heavy atom. The Morgan fingerprint density at radius 1 is 1.28 bits per heavy atom. The zero-order chi connectivity index (χ0) is 17.6. The first kappa shape index (κ1) is 16.2. The fourth-order valence-electron chi connectivity index (χ4n) is 3.85. The molecule has 1 fully saturated rings. The van der Waals surface area contributed by atoms with Gasteiger partial charge in [0.05, 0.1) is 24.3 Å². The number of aliphatic hydroxyl groups excluding tert-OH is 1. The molecule has 2 aliphatic rings. The van der Waals surface area contributed by atoms with Gasteiger partial charge in [-0.2, -0.15) is 0 Å². The van der Waals surface area contributed by atoms with E-state index in [1.165, 1.54) is 5.56 Å². The third-order valence-corrected chi connectivity index (χ3v) is 5.27. The van der Waals surface area contributed by atoms with Crippen molar-refractivity contribution in [1.29, 1.82) is 0 Å². The molecular formula is C20H23NO4. The van der Waals surface area contributed by atoms with Crippen LogP contribution in [0.25, 0.3) is 0 Å². The molecule has 1 atom stereocenters. The summed E-state index contributed by atoms with van der Waals surface area (Å²) in [4.78, 5) is 12.8. The second-order valence-electron chi connectivity index (χ2n) is 7.13. The van der Waals surface area contributed by atoms with Crippen LogP contribution in [0.2, 0.25) is 0 Å². The minimum absolute atomic E-state index is 0.114. The van der Waals surface area contributed by atoms with Gasteiger partial charge in [-0.1, -0.05) is 6.07 Å². The summed E-state index contributed by atoms with van der Waals surface area (Å²) in [5, 5.41) is 12.9. The highest BCUT2D eigenvalue weighted by Crippen LogP contribution is 2.40. The molecule has 5 nitrogen and oxygen atoms in total. The summed E-state index contributed by atoms with van der Waals surface area (Å²) in [6.45, 7) is 4.35. The van der Waals surface area contributed by atoms with Crippen molar-refractivity contribution in [2.45, 2.75) is 45.3 Å². The van der Waals surface area contributed by atoms with Gasteiger partial charge in [-0.25, -0.2) is 0 Å². The maximum Gasteiger partial charge on any atom is 0.255 e. The summed E-state index contributed by atoms with van der Waals surface area (Å²) in [6, 6.07) is 7.79. The molecule has 0 spiro atoms. The third kappa shape index (κ3) is 3.04. The van der Waals surface area contributed by atoms with E-state index in [9.17, 15) is 9.90 Å². The molecule has 1 aromatic heterocycles. The number of benzene rings is 1. The number of aryl methyl sites for hydroxylation is 2. The molecular weight excluding hydrogens is 318 g/mol. The number of furan rings is 1. The smallest absolute Gasteiger partial charge is 0.255 e. The average molecular weight is 341 g/mol. The Kier molecular flexibility index (Phi) is 4.04. The minimum atomic E-state index is -0.264. The summed E-state index contributed by atoms with van der Waals surface area (Å²) < 4.78 is 11.1. The van der Waals surface area contributed by atoms with Crippen LogP contribution in [0.3, 0.4) is 0 Å². The van der Waals surface area contributed by atoms with Gasteiger partial charge >= 0.3 is 0 Å². The first-order chi connectivity index (χ1) is 12.0. The predicted octanol–water partition coefficient (Wildman–Crippen LogP) is 3.07. The van der Waals surface area contributed by atoms with Crippen LogP contribution in [0, 0.1) is 19.8 Å². The molecule has 5 heteroatoms. The Bertz CT molecular complexity index is 804. The fraction of sp³-hybridized carbons (Fsp3) is 0.450. The zero-order valence-electron chi connectivity index (χ0n) is 14.5. The fourth-order valence-corrected chi connectivity index (χ4v) is 3.85. The van der Waals surface area contributed by atoms with E-state index in [1.807, 2.05) is 19.1 Å². The van der Waals surface area contributed by atoms with Gasteiger partial charge in [-0.15, -0.1) is 0 Å². The lowest BCUT2D eigenvalue weighted by molar-refractivity contribution is 0.0235. The van der Waals surface area contributed by atoms with Crippen molar-refractivity contribution < 1.29 is 19.1 Å². The summed E-state index contributed by atoms with van der Waals surface area (Å²) in [6.07, 6.45) is 2.06. The second-order valence-corrected chi connectivity index (χ2v) is 7.13. The Hall–Kier alpha value is -2.27. The molecule has 2 heterocycles. The summed E-state index contributed by atoms with van der Waals surface area (Å²) in [5.41, 5.74) is 2.84. The lowest BCUT2D eigenvalue weighted by Crippen LogP contribution is -2.41. The van der Waals surface area contributed by atoms with E-state index in [1.54, 1.807) is 13.0 Å². The van der Waals surface area contributed by atoms with Crippen LogP contribution in [0.1, 0.15) is 51.9 Å². The van der Waals surface area contributed by atoms with E-state index in [-0.39, 0.29) is 24.0 Å². The van der Waals surface area contributed by atoms with E-state index in [0.29, 0.717) is 30.8 Å². The van der Waals surface area contributed by atoms with Gasteiger partial charge in [0, 0.05) is 6.42 Å². The zero-order valence-corrected chi connectivity index (χ0v) is 14.5. The quantitative estimate of drug-likeness (QED) is 0.896. The normalized spacial score (nSPS) is 22.7. The maximum atomic E-state index is 12.8. The monoisotopic (exact) mass is 341 g/mol. The van der Waals surface area contributed by atoms with E-state index in [4.69, 9.17) is 9.15 Å². The average Bonchev–Trinajstić information content (AvgIpc) is 3.14. The number of nitrogens with one attached hydrogen (secondary N) is 1. The van der Waals surface area contributed by atoms with E-state index in [2.05, 4.69) is 11.4 Å². The molecule has 1 amide bonds. The lowest BCUT2D eigenvalue weighted by Gasteiger charge is -2.38. The van der Waals surface area contributed by atoms with Gasteiger partial charge in [-0.3, -0.25) is 4.79 Å². The Morgan fingerprint density at radius 3 is 2.76 bits per heavy atom. The Balaban J connectivity index is 1.60. The number of hydrogen-bond acceptors (Lipinski definition) is 4. The van der Waals surface area contributed by atoms with Crippen LogP contribution in [0.5, 0.6) is 5.75 Å². The molecule has 1 aliphatic heterocycles. The maximum absolute atomic E-state index is 12.8. The lowest BCUT2D eigenvalue weighted by atomic mass is 9.74. The van der Waals surface area contributed by atoms with Crippen molar-refractivity contribution in [1.82, 2.24) is 5.32 Å². The molecule has 0 radical (unpaired) electrons. The molecule has 0 saturated heterocycles. The van der Waals surface area contributed by atoms with Gasteiger partial charge in [0.25, 0.3) is 5.91 Å². The van der Waals surface area contributed by atoms with Crippen LogP contribution >= 0.6 is 0 Å². The van der Waals surface area contributed by atoms with Gasteiger partial charge in [0.1, 0.15) is 17.3 Å². The number of aliphatic hydroxyl groups is 1. The highest BCUT2D eigenvalue weighted by Gasteiger charge is 2.36. The van der Waals surface area contributed by atoms with Crippen LogP contribution in [0.4, 0.5) is 0 Å². The molecule has 2 N–H and O–H groups in total. The van der Waals surface area contributed by atoms with Crippen LogP contribution in [-0.2, 0) is 6.42 Å². The first-order valence-electron chi connectivity index (χ1n) is 8.83. The molecule has 132 valence electrons. The molecule has 0 unspecified atom stereocenters. The standard InChI is InChI=1S/C20H23NO4/c1-11-7-17(12(2)25-11)20(23)21-19(15-9-16(22)10-15)14-3-4-18-13(8-14)5-6-24-18/h3-4,7-8,15-16,19,22H,5-6,9-10H2,1-2H3,(H,21,23)/t15?,16?,19-/m1/s1. The SMILES string of the molecule is Cc1cc(C(=O)N[C@H](c2ccc3c(c2)CCO3)C2CC(O)C2)c(C)o1. The van der Waals surface area contributed by atoms with Crippen molar-refractivity contribution in [3.8, 4) is 5.75 Å². The van der Waals surface area contributed by atoms with Gasteiger partial charge in [0.15, 0.2) is 0 Å². The van der Waals surface area contributed by atoms with E-state index < -0.39 is 0 Å². The van der Waals surface area contributed by atoms with Gasteiger partial charge < -0.3 is 19.6 Å². The molecule has 4 rings (SSSR count). The van der Waals surface area contributed by atoms with E-state index in [0.717, 1.165) is 23.5 Å². The van der Waals surface area contributed by atoms with E-state index >= 15 is 0 Å². The van der Waals surface area contributed by atoms with Crippen molar-refractivity contribution in [3.63, 3.8) is 0 Å². The molecule has 1 aromatic carbocycles. The topological polar surface area (TPSA) is 71.7 Å². The Labute approximate surface area is 147 Å². The number of rotatable bonds is 4. The minimum Gasteiger partial charge on any atom is -0.493 e. The highest BCUT2D eigenvalue weighted by atomic mass is 16.5. The molecule has 2 aromatic rings. The third-order valence-electron chi connectivity index (χ3n) is 5.27. The van der Waals surface area contributed by atoms with Gasteiger partial charge in [0.2, 0.25) is 0 Å². The number of amides is 1. The summed E-state index contributed by atoms with van der Waals surface area (Å²) in [7, 11) is 0.